The van der Waals surface area contributed by atoms with Crippen LogP contribution >= 0.6 is 0 Å². The number of nitrogens with two attached hydrogens (primary N) is 1. The number of hydrogen-bond acceptors (Lipinski definition) is 6. The number of hydrogen-bond donors (Lipinski definition) is 3. The summed E-state index contributed by atoms with van der Waals surface area (Å²) in [5.41, 5.74) is 5.43. The first-order valence-corrected chi connectivity index (χ1v) is 6.96. The van der Waals surface area contributed by atoms with E-state index in [0.717, 1.165) is 12.8 Å². The number of amides is 1. The fraction of sp³-hybridized carbons (Fsp3) is 0.462. The van der Waals surface area contributed by atoms with Crippen LogP contribution in [0, 0.1) is 0 Å². The molecule has 1 amide bonds. The van der Waals surface area contributed by atoms with Crippen LogP contribution in [0.1, 0.15) is 24.6 Å². The van der Waals surface area contributed by atoms with E-state index in [1.54, 1.807) is 6.07 Å². The number of carbonyl (C=O) groups is 1. The molecule has 1 saturated heterocycles. The van der Waals surface area contributed by atoms with E-state index in [1.165, 1.54) is 7.05 Å². The van der Waals surface area contributed by atoms with E-state index in [4.69, 9.17) is 10.5 Å². The summed E-state index contributed by atoms with van der Waals surface area (Å²) in [7, 11) is 1.23. The number of halogens is 3. The molecule has 11 heteroatoms. The van der Waals surface area contributed by atoms with Crippen LogP contribution in [0.3, 0.4) is 0 Å². The largest absolute Gasteiger partial charge is 0.574 e. The highest BCUT2D eigenvalue weighted by Crippen LogP contribution is 2.28. The van der Waals surface area contributed by atoms with Gasteiger partial charge in [0.2, 0.25) is 0 Å². The molecular formula is C13H16F3N5O3. The van der Waals surface area contributed by atoms with Crippen molar-refractivity contribution in [3.63, 3.8) is 0 Å². The van der Waals surface area contributed by atoms with Gasteiger partial charge in [-0.05, 0) is 12.8 Å². The Balaban J connectivity index is 2.00. The van der Waals surface area contributed by atoms with Crippen LogP contribution in [-0.2, 0) is 14.3 Å². The van der Waals surface area contributed by atoms with Gasteiger partial charge >= 0.3 is 6.36 Å². The van der Waals surface area contributed by atoms with Gasteiger partial charge in [0, 0.05) is 25.8 Å². The zero-order valence-corrected chi connectivity index (χ0v) is 12.7. The van der Waals surface area contributed by atoms with Gasteiger partial charge in [-0.15, -0.1) is 13.2 Å². The van der Waals surface area contributed by atoms with Crippen LogP contribution in [-0.4, -0.2) is 41.8 Å². The smallest absolute Gasteiger partial charge is 0.390 e. The minimum atomic E-state index is -4.95. The second kappa shape index (κ2) is 7.34. The third-order valence-corrected chi connectivity index (χ3v) is 3.10. The Labute approximate surface area is 134 Å². The number of carbonyl (C=O) groups excluding carboxylic acids is 1. The summed E-state index contributed by atoms with van der Waals surface area (Å²) < 4.78 is 45.1. The van der Waals surface area contributed by atoms with Crippen molar-refractivity contribution < 1.29 is 27.4 Å². The van der Waals surface area contributed by atoms with E-state index in [0.29, 0.717) is 18.4 Å². The van der Waals surface area contributed by atoms with E-state index in [2.05, 4.69) is 25.2 Å². The van der Waals surface area contributed by atoms with Crippen molar-refractivity contribution in [3.8, 4) is 0 Å². The molecule has 2 rings (SSSR count). The third-order valence-electron chi connectivity index (χ3n) is 3.10. The van der Waals surface area contributed by atoms with Crippen LogP contribution in [0.4, 0.5) is 19.0 Å². The molecule has 1 fully saturated rings. The highest BCUT2D eigenvalue weighted by Gasteiger charge is 2.31. The summed E-state index contributed by atoms with van der Waals surface area (Å²) in [6.45, 7) is 0.654. The number of nitrogens with one attached hydrogen (secondary N) is 2. The normalized spacial score (nSPS) is 19.4. The number of aliphatic imine (C=N–C) groups is 1. The van der Waals surface area contributed by atoms with Gasteiger partial charge in [0.05, 0.1) is 11.8 Å². The first kappa shape index (κ1) is 17.8. The van der Waals surface area contributed by atoms with E-state index in [1.807, 2.05) is 0 Å². The summed E-state index contributed by atoms with van der Waals surface area (Å²) in [6, 6.07) is 1.58. The van der Waals surface area contributed by atoms with Gasteiger partial charge in [0.1, 0.15) is 5.71 Å². The Morgan fingerprint density at radius 2 is 2.38 bits per heavy atom. The first-order chi connectivity index (χ1) is 11.3. The molecular weight excluding hydrogens is 331 g/mol. The maximum absolute atomic E-state index is 12.0. The number of anilines is 1. The quantitative estimate of drug-likeness (QED) is 0.553. The van der Waals surface area contributed by atoms with Crippen LogP contribution in [0.5, 0.6) is 0 Å². The number of H-pyrrole nitrogens is 1. The number of aromatic nitrogens is 2. The standard InChI is InChI=1S/C13H16F3N5O3/c1-18-8(5-10(17)24-13(14,15)16)12(22)19-11-6-7(20-21-11)9-3-2-4-23-9/h5-6,9H,2-4,17H2,1H3,(H2,19,20,21,22)/b10-5+,18-8?/t9-/m1/s1. The van der Waals surface area contributed by atoms with E-state index in [9.17, 15) is 18.0 Å². The van der Waals surface area contributed by atoms with E-state index in [-0.39, 0.29) is 17.6 Å². The van der Waals surface area contributed by atoms with Crippen molar-refractivity contribution in [2.45, 2.75) is 25.3 Å². The summed E-state index contributed by atoms with van der Waals surface area (Å²) in [5, 5.41) is 9.04. The van der Waals surface area contributed by atoms with Gasteiger partial charge in [-0.1, -0.05) is 0 Å². The van der Waals surface area contributed by atoms with Crippen molar-refractivity contribution in [3.05, 3.63) is 23.7 Å². The van der Waals surface area contributed by atoms with Gasteiger partial charge in [-0.3, -0.25) is 14.9 Å². The molecule has 1 aromatic heterocycles. The van der Waals surface area contributed by atoms with Gasteiger partial charge in [-0.25, -0.2) is 0 Å². The number of rotatable bonds is 5. The maximum atomic E-state index is 12.0. The summed E-state index contributed by atoms with van der Waals surface area (Å²) >= 11 is 0. The zero-order valence-electron chi connectivity index (χ0n) is 12.7. The lowest BCUT2D eigenvalue weighted by molar-refractivity contribution is -0.305. The Kier molecular flexibility index (Phi) is 5.44. The molecule has 1 aromatic rings. The molecule has 24 heavy (non-hydrogen) atoms. The topological polar surface area (TPSA) is 115 Å². The van der Waals surface area contributed by atoms with Crippen molar-refractivity contribution >= 4 is 17.4 Å². The molecule has 0 bridgehead atoms. The molecule has 4 N–H and O–H groups in total. The monoisotopic (exact) mass is 347 g/mol. The zero-order chi connectivity index (χ0) is 17.7. The highest BCUT2D eigenvalue weighted by atomic mass is 19.4. The van der Waals surface area contributed by atoms with Crippen LogP contribution in [0.15, 0.2) is 23.0 Å². The van der Waals surface area contributed by atoms with Gasteiger partial charge < -0.3 is 20.5 Å². The Bertz CT molecular complexity index is 648. The molecule has 0 aromatic carbocycles. The van der Waals surface area contributed by atoms with E-state index < -0.39 is 18.2 Å². The predicted molar refractivity (Wildman–Crippen MR) is 77.9 cm³/mol. The molecule has 132 valence electrons. The SMILES string of the molecule is CN=C(/C=C(\N)OC(F)(F)F)C(=O)Nc1cc([C@H]2CCCO2)[nH]n1. The number of alkyl halides is 3. The van der Waals surface area contributed by atoms with Gasteiger partial charge in [0.25, 0.3) is 5.91 Å². The Morgan fingerprint density at radius 3 is 2.96 bits per heavy atom. The molecule has 1 atom stereocenters. The molecule has 0 radical (unpaired) electrons. The van der Waals surface area contributed by atoms with Crippen molar-refractivity contribution in [2.75, 3.05) is 19.0 Å². The molecule has 1 aliphatic heterocycles. The lowest BCUT2D eigenvalue weighted by Crippen LogP contribution is -2.24. The second-order valence-corrected chi connectivity index (χ2v) is 4.87. The van der Waals surface area contributed by atoms with Crippen molar-refractivity contribution in [1.82, 2.24) is 10.2 Å². The van der Waals surface area contributed by atoms with Crippen molar-refractivity contribution in [1.29, 1.82) is 0 Å². The Morgan fingerprint density at radius 1 is 1.62 bits per heavy atom. The lowest BCUT2D eigenvalue weighted by atomic mass is 10.2. The summed E-state index contributed by atoms with van der Waals surface area (Å²) in [4.78, 5) is 15.6. The van der Waals surface area contributed by atoms with Crippen LogP contribution in [0.2, 0.25) is 0 Å². The first-order valence-electron chi connectivity index (χ1n) is 6.96. The maximum Gasteiger partial charge on any atom is 0.574 e. The fourth-order valence-electron chi connectivity index (χ4n) is 2.10. The highest BCUT2D eigenvalue weighted by molar-refractivity contribution is 6.47. The summed E-state index contributed by atoms with van der Waals surface area (Å²) in [5.74, 6) is -1.59. The second-order valence-electron chi connectivity index (χ2n) is 4.87. The van der Waals surface area contributed by atoms with E-state index >= 15 is 0 Å². The van der Waals surface area contributed by atoms with Crippen LogP contribution in [0.25, 0.3) is 0 Å². The van der Waals surface area contributed by atoms with Crippen molar-refractivity contribution in [2.24, 2.45) is 10.7 Å². The lowest BCUT2D eigenvalue weighted by Gasteiger charge is -2.08. The third kappa shape index (κ3) is 4.98. The van der Waals surface area contributed by atoms with Gasteiger partial charge in [0.15, 0.2) is 11.7 Å². The predicted octanol–water partition coefficient (Wildman–Crippen LogP) is 1.61. The molecule has 2 heterocycles. The minimum absolute atomic E-state index is 0.113. The molecule has 0 unspecified atom stereocenters. The Hall–Kier alpha value is -2.56. The molecule has 0 spiro atoms. The van der Waals surface area contributed by atoms with Gasteiger partial charge in [-0.2, -0.15) is 5.10 Å². The number of nitrogens with zero attached hydrogens (tertiary/aromatic N) is 2. The summed E-state index contributed by atoms with van der Waals surface area (Å²) in [6.07, 6.45) is -2.62. The fourth-order valence-corrected chi connectivity index (χ4v) is 2.10. The molecule has 0 aliphatic carbocycles. The molecule has 1 aliphatic rings. The van der Waals surface area contributed by atoms with Crippen LogP contribution < -0.4 is 11.1 Å². The molecule has 8 nitrogen and oxygen atoms in total. The minimum Gasteiger partial charge on any atom is -0.390 e. The number of aromatic amines is 1. The average Bonchev–Trinajstić information content (AvgIpc) is 3.13. The molecule has 0 saturated carbocycles. The average molecular weight is 347 g/mol. The number of ether oxygens (including phenoxy) is 2.